The quantitative estimate of drug-likeness (QED) is 0.605. The van der Waals surface area contributed by atoms with Crippen LogP contribution in [0.3, 0.4) is 0 Å². The lowest BCUT2D eigenvalue weighted by Gasteiger charge is -2.19. The average molecular weight is 150 g/mol. The Kier molecular flexibility index (Phi) is 3.71. The molecular weight excluding hydrogens is 136 g/mol. The van der Waals surface area contributed by atoms with Crippen LogP contribution in [-0.2, 0) is 0 Å². The number of allylic oxidation sites excluding steroid dienone is 1. The monoisotopic (exact) mass is 150 g/mol. The molecule has 0 aromatic rings. The Labute approximate surface area is 67.9 Å². The minimum atomic E-state index is 0.552. The highest BCUT2D eigenvalue weighted by molar-refractivity contribution is 4.95. The number of hydrogen-bond acceptors (Lipinski definition) is 2. The van der Waals surface area contributed by atoms with E-state index in [-0.39, 0.29) is 0 Å². The first-order valence-electron chi connectivity index (χ1n) is 4.18. The first-order valence-corrected chi connectivity index (χ1v) is 4.18. The van der Waals surface area contributed by atoms with Crippen molar-refractivity contribution in [3.63, 3.8) is 0 Å². The Balaban J connectivity index is 2.19. The first-order chi connectivity index (χ1) is 5.43. The van der Waals surface area contributed by atoms with Crippen LogP contribution in [0, 0.1) is 17.2 Å². The summed E-state index contributed by atoms with van der Waals surface area (Å²) in [6.45, 7) is 2.24. The van der Waals surface area contributed by atoms with E-state index in [2.05, 4.69) is 17.5 Å². The van der Waals surface area contributed by atoms with Crippen molar-refractivity contribution in [2.45, 2.75) is 19.3 Å². The van der Waals surface area contributed by atoms with Crippen LogP contribution in [-0.4, -0.2) is 13.1 Å². The van der Waals surface area contributed by atoms with Gasteiger partial charge in [0.15, 0.2) is 0 Å². The first kappa shape index (κ1) is 8.29. The summed E-state index contributed by atoms with van der Waals surface area (Å²) < 4.78 is 0. The van der Waals surface area contributed by atoms with Crippen molar-refractivity contribution in [3.8, 4) is 6.07 Å². The largest absolute Gasteiger partial charge is 0.316 e. The van der Waals surface area contributed by atoms with Crippen molar-refractivity contribution in [3.05, 3.63) is 12.2 Å². The van der Waals surface area contributed by atoms with Crippen LogP contribution in [0.15, 0.2) is 12.2 Å². The third kappa shape index (κ3) is 3.20. The summed E-state index contributed by atoms with van der Waals surface area (Å²) in [6, 6.07) is 2.10. The number of nitrogens with zero attached hydrogens (tertiary/aromatic N) is 1. The molecule has 1 heterocycles. The Morgan fingerprint density at radius 3 is 3.18 bits per heavy atom. The summed E-state index contributed by atoms with van der Waals surface area (Å²) in [5.74, 6) is 0.664. The van der Waals surface area contributed by atoms with Crippen molar-refractivity contribution in [2.24, 2.45) is 5.92 Å². The maximum Gasteiger partial charge on any atom is 0.0663 e. The van der Waals surface area contributed by atoms with Crippen LogP contribution in [0.1, 0.15) is 19.3 Å². The van der Waals surface area contributed by atoms with Gasteiger partial charge in [-0.15, -0.1) is 0 Å². The second-order valence-electron chi connectivity index (χ2n) is 2.90. The molecule has 0 amide bonds. The molecule has 0 aliphatic carbocycles. The van der Waals surface area contributed by atoms with Crippen LogP contribution in [0.4, 0.5) is 0 Å². The van der Waals surface area contributed by atoms with E-state index in [0.29, 0.717) is 12.3 Å². The molecule has 0 radical (unpaired) electrons. The fraction of sp³-hybridized carbons (Fsp3) is 0.667. The van der Waals surface area contributed by atoms with Gasteiger partial charge >= 0.3 is 0 Å². The van der Waals surface area contributed by atoms with Gasteiger partial charge in [-0.3, -0.25) is 0 Å². The Hall–Kier alpha value is -0.810. The molecule has 1 rings (SSSR count). The SMILES string of the molecule is N#CC/C=C/C1CCCNC1. The van der Waals surface area contributed by atoms with Gasteiger partial charge in [-0.2, -0.15) is 5.26 Å². The van der Waals surface area contributed by atoms with Crippen LogP contribution in [0.25, 0.3) is 0 Å². The number of nitriles is 1. The molecule has 1 aliphatic rings. The molecule has 1 fully saturated rings. The predicted octanol–water partition coefficient (Wildman–Crippen LogP) is 1.46. The van der Waals surface area contributed by atoms with Crippen LogP contribution >= 0.6 is 0 Å². The van der Waals surface area contributed by atoms with Gasteiger partial charge in [0.2, 0.25) is 0 Å². The van der Waals surface area contributed by atoms with E-state index >= 15 is 0 Å². The number of hydrogen-bond donors (Lipinski definition) is 1. The maximum atomic E-state index is 8.28. The topological polar surface area (TPSA) is 35.8 Å². The molecule has 0 aromatic carbocycles. The van der Waals surface area contributed by atoms with E-state index in [0.717, 1.165) is 13.1 Å². The minimum Gasteiger partial charge on any atom is -0.316 e. The zero-order valence-electron chi connectivity index (χ0n) is 6.71. The van der Waals surface area contributed by atoms with E-state index in [1.165, 1.54) is 12.8 Å². The van der Waals surface area contributed by atoms with Gasteiger partial charge in [-0.25, -0.2) is 0 Å². The Morgan fingerprint density at radius 1 is 1.64 bits per heavy atom. The summed E-state index contributed by atoms with van der Waals surface area (Å²) in [7, 11) is 0. The van der Waals surface area contributed by atoms with Crippen molar-refractivity contribution >= 4 is 0 Å². The normalized spacial score (nSPS) is 25.2. The second-order valence-corrected chi connectivity index (χ2v) is 2.90. The minimum absolute atomic E-state index is 0.552. The van der Waals surface area contributed by atoms with Gasteiger partial charge in [0.25, 0.3) is 0 Å². The predicted molar refractivity (Wildman–Crippen MR) is 45.0 cm³/mol. The number of piperidine rings is 1. The molecule has 1 unspecified atom stereocenters. The molecule has 2 nitrogen and oxygen atoms in total. The molecule has 0 spiro atoms. The lowest BCUT2D eigenvalue weighted by Crippen LogP contribution is -2.28. The summed E-state index contributed by atoms with van der Waals surface area (Å²) in [5, 5.41) is 11.6. The fourth-order valence-electron chi connectivity index (χ4n) is 1.36. The molecule has 1 saturated heterocycles. The van der Waals surface area contributed by atoms with E-state index in [1.54, 1.807) is 0 Å². The third-order valence-corrected chi connectivity index (χ3v) is 1.95. The molecule has 1 N–H and O–H groups in total. The molecule has 0 saturated carbocycles. The zero-order valence-corrected chi connectivity index (χ0v) is 6.71. The van der Waals surface area contributed by atoms with Crippen molar-refractivity contribution < 1.29 is 0 Å². The standard InChI is InChI=1S/C9H14N2/c10-6-2-1-4-9-5-3-7-11-8-9/h1,4,9,11H,2-3,5,7-8H2/b4-1+. The van der Waals surface area contributed by atoms with Crippen LogP contribution in [0.5, 0.6) is 0 Å². The van der Waals surface area contributed by atoms with Crippen LogP contribution < -0.4 is 5.32 Å². The molecule has 0 bridgehead atoms. The summed E-state index contributed by atoms with van der Waals surface area (Å²) in [6.07, 6.45) is 7.22. The highest BCUT2D eigenvalue weighted by Gasteiger charge is 2.08. The lowest BCUT2D eigenvalue weighted by atomic mass is 9.99. The lowest BCUT2D eigenvalue weighted by molar-refractivity contribution is 0.438. The maximum absolute atomic E-state index is 8.28. The highest BCUT2D eigenvalue weighted by Crippen LogP contribution is 2.10. The molecule has 60 valence electrons. The van der Waals surface area contributed by atoms with Crippen molar-refractivity contribution in [1.29, 1.82) is 5.26 Å². The van der Waals surface area contributed by atoms with Gasteiger partial charge in [-0.1, -0.05) is 12.2 Å². The van der Waals surface area contributed by atoms with E-state index in [9.17, 15) is 0 Å². The molecule has 1 aliphatic heterocycles. The number of rotatable bonds is 2. The molecular formula is C9H14N2. The Bertz CT molecular complexity index is 161. The summed E-state index contributed by atoms with van der Waals surface area (Å²) >= 11 is 0. The summed E-state index contributed by atoms with van der Waals surface area (Å²) in [5.41, 5.74) is 0. The summed E-state index contributed by atoms with van der Waals surface area (Å²) in [4.78, 5) is 0. The van der Waals surface area contributed by atoms with Crippen molar-refractivity contribution in [1.82, 2.24) is 5.32 Å². The fourth-order valence-corrected chi connectivity index (χ4v) is 1.36. The van der Waals surface area contributed by atoms with Gasteiger partial charge in [0.1, 0.15) is 0 Å². The molecule has 0 aromatic heterocycles. The molecule has 1 atom stereocenters. The van der Waals surface area contributed by atoms with Gasteiger partial charge < -0.3 is 5.32 Å². The number of nitrogens with one attached hydrogen (secondary N) is 1. The van der Waals surface area contributed by atoms with E-state index < -0.39 is 0 Å². The average Bonchev–Trinajstić information content (AvgIpc) is 2.07. The second kappa shape index (κ2) is 4.92. The van der Waals surface area contributed by atoms with Gasteiger partial charge in [0.05, 0.1) is 12.5 Å². The van der Waals surface area contributed by atoms with E-state index in [4.69, 9.17) is 5.26 Å². The molecule has 11 heavy (non-hydrogen) atoms. The van der Waals surface area contributed by atoms with Gasteiger partial charge in [-0.05, 0) is 25.3 Å². The Morgan fingerprint density at radius 2 is 2.55 bits per heavy atom. The third-order valence-electron chi connectivity index (χ3n) is 1.95. The van der Waals surface area contributed by atoms with Crippen molar-refractivity contribution in [2.75, 3.05) is 13.1 Å². The smallest absolute Gasteiger partial charge is 0.0663 e. The van der Waals surface area contributed by atoms with Gasteiger partial charge in [0, 0.05) is 6.54 Å². The molecule has 2 heteroatoms. The van der Waals surface area contributed by atoms with E-state index in [1.807, 2.05) is 6.08 Å². The zero-order chi connectivity index (χ0) is 7.94. The highest BCUT2D eigenvalue weighted by atomic mass is 14.9. The van der Waals surface area contributed by atoms with Crippen LogP contribution in [0.2, 0.25) is 0 Å².